The smallest absolute Gasteiger partial charge is 0.394 e. The van der Waals surface area contributed by atoms with Gasteiger partial charge in [0.2, 0.25) is 6.23 Å². The van der Waals surface area contributed by atoms with Crippen molar-refractivity contribution in [3.63, 3.8) is 0 Å². The highest BCUT2D eigenvalue weighted by Gasteiger charge is 2.24. The molecule has 90 valence electrons. The maximum atomic E-state index is 10.6. The van der Waals surface area contributed by atoms with Crippen LogP contribution in [0.4, 0.5) is 5.95 Å². The molecule has 0 spiro atoms. The minimum absolute atomic E-state index is 0.237. The van der Waals surface area contributed by atoms with Crippen LogP contribution in [0, 0.1) is 10.1 Å². The monoisotopic (exact) mass is 231 g/mol. The third kappa shape index (κ3) is 2.75. The van der Waals surface area contributed by atoms with Crippen molar-refractivity contribution in [3.8, 4) is 0 Å². The van der Waals surface area contributed by atoms with E-state index in [0.29, 0.717) is 0 Å². The van der Waals surface area contributed by atoms with Crippen LogP contribution in [0.1, 0.15) is 13.2 Å². The van der Waals surface area contributed by atoms with Gasteiger partial charge < -0.3 is 25.1 Å². The molecule has 8 nitrogen and oxygen atoms in total. The van der Waals surface area contributed by atoms with E-state index in [2.05, 4.69) is 4.98 Å². The Morgan fingerprint density at radius 2 is 2.31 bits per heavy atom. The second kappa shape index (κ2) is 5.54. The lowest BCUT2D eigenvalue weighted by molar-refractivity contribution is -0.399. The number of hydrogen-bond acceptors (Lipinski definition) is 6. The molecule has 0 amide bonds. The third-order valence-electron chi connectivity index (χ3n) is 1.92. The predicted octanol–water partition coefficient (Wildman–Crippen LogP) is -0.320. The summed E-state index contributed by atoms with van der Waals surface area (Å²) in [5.74, 6) is -0.413. The van der Waals surface area contributed by atoms with E-state index in [4.69, 9.17) is 14.9 Å². The summed E-state index contributed by atoms with van der Waals surface area (Å²) in [6.45, 7) is 0.909. The Morgan fingerprint density at radius 1 is 1.62 bits per heavy atom. The van der Waals surface area contributed by atoms with Gasteiger partial charge in [0.1, 0.15) is 19.0 Å². The first-order chi connectivity index (χ1) is 7.60. The molecule has 0 aliphatic carbocycles. The van der Waals surface area contributed by atoms with Crippen molar-refractivity contribution in [2.75, 3.05) is 13.2 Å². The third-order valence-corrected chi connectivity index (χ3v) is 1.92. The second-order valence-electron chi connectivity index (χ2n) is 3.16. The molecule has 1 heterocycles. The average Bonchev–Trinajstić information content (AvgIpc) is 2.74. The number of aliphatic hydroxyl groups is 2. The molecule has 0 aromatic carbocycles. The molecule has 2 atom stereocenters. The Bertz CT molecular complexity index is 353. The van der Waals surface area contributed by atoms with E-state index >= 15 is 0 Å². The van der Waals surface area contributed by atoms with Crippen LogP contribution in [0.3, 0.4) is 0 Å². The van der Waals surface area contributed by atoms with Crippen molar-refractivity contribution in [3.05, 3.63) is 22.5 Å². The zero-order valence-corrected chi connectivity index (χ0v) is 8.68. The maximum absolute atomic E-state index is 10.6. The normalized spacial score (nSPS) is 14.7. The predicted molar refractivity (Wildman–Crippen MR) is 52.6 cm³/mol. The largest absolute Gasteiger partial charge is 0.436 e. The summed E-state index contributed by atoms with van der Waals surface area (Å²) >= 11 is 0. The number of rotatable bonds is 6. The molecule has 0 fully saturated rings. The first-order valence-electron chi connectivity index (χ1n) is 4.64. The molecule has 1 aromatic rings. The van der Waals surface area contributed by atoms with Crippen LogP contribution < -0.4 is 0 Å². The molecule has 2 unspecified atom stereocenters. The van der Waals surface area contributed by atoms with Crippen LogP contribution >= 0.6 is 0 Å². The van der Waals surface area contributed by atoms with Crippen LogP contribution in [0.5, 0.6) is 0 Å². The fourth-order valence-electron chi connectivity index (χ4n) is 1.18. The van der Waals surface area contributed by atoms with Crippen LogP contribution in [0.15, 0.2) is 12.4 Å². The Labute approximate surface area is 91.2 Å². The van der Waals surface area contributed by atoms with Gasteiger partial charge in [0.25, 0.3) is 0 Å². The van der Waals surface area contributed by atoms with Crippen molar-refractivity contribution in [1.82, 2.24) is 9.55 Å². The van der Waals surface area contributed by atoms with Crippen LogP contribution in [0.2, 0.25) is 0 Å². The average molecular weight is 231 g/mol. The van der Waals surface area contributed by atoms with Crippen LogP contribution in [0.25, 0.3) is 0 Å². The lowest BCUT2D eigenvalue weighted by Gasteiger charge is -2.18. The van der Waals surface area contributed by atoms with Crippen molar-refractivity contribution < 1.29 is 19.9 Å². The number of ether oxygens (including phenoxy) is 1. The Morgan fingerprint density at radius 3 is 2.81 bits per heavy atom. The van der Waals surface area contributed by atoms with E-state index < -0.39 is 29.8 Å². The number of hydrogen-bond donors (Lipinski definition) is 2. The van der Waals surface area contributed by atoms with E-state index in [1.165, 1.54) is 12.4 Å². The van der Waals surface area contributed by atoms with Crippen LogP contribution in [-0.2, 0) is 4.74 Å². The van der Waals surface area contributed by atoms with Gasteiger partial charge in [-0.25, -0.2) is 4.57 Å². The molecule has 0 saturated carbocycles. The topological polar surface area (TPSA) is 111 Å². The van der Waals surface area contributed by atoms with Crippen molar-refractivity contribution in [1.29, 1.82) is 0 Å². The van der Waals surface area contributed by atoms with Crippen molar-refractivity contribution >= 4 is 5.95 Å². The van der Waals surface area contributed by atoms with Gasteiger partial charge in [-0.15, -0.1) is 0 Å². The summed E-state index contributed by atoms with van der Waals surface area (Å²) in [4.78, 5) is 13.5. The van der Waals surface area contributed by atoms with Gasteiger partial charge in [-0.1, -0.05) is 4.98 Å². The van der Waals surface area contributed by atoms with Gasteiger partial charge in [-0.3, -0.25) is 0 Å². The number of aliphatic hydroxyl groups excluding tert-OH is 2. The minimum Gasteiger partial charge on any atom is -0.394 e. The summed E-state index contributed by atoms with van der Waals surface area (Å²) in [6, 6.07) is 0. The molecule has 0 radical (unpaired) electrons. The molecular formula is C8H13N3O5. The lowest BCUT2D eigenvalue weighted by atomic mass is 10.4. The number of imidazole rings is 1. The van der Waals surface area contributed by atoms with E-state index in [9.17, 15) is 10.1 Å². The summed E-state index contributed by atoms with van der Waals surface area (Å²) in [5.41, 5.74) is 0. The highest BCUT2D eigenvalue weighted by atomic mass is 16.6. The molecule has 0 aliphatic heterocycles. The fourth-order valence-corrected chi connectivity index (χ4v) is 1.18. The molecule has 8 heteroatoms. The molecular weight excluding hydrogens is 218 g/mol. The van der Waals surface area contributed by atoms with Crippen molar-refractivity contribution in [2.24, 2.45) is 0 Å². The van der Waals surface area contributed by atoms with Crippen molar-refractivity contribution in [2.45, 2.75) is 19.3 Å². The second-order valence-corrected chi connectivity index (χ2v) is 3.16. The Balaban J connectivity index is 2.86. The SMILES string of the molecule is CC(CO)OC(CO)n1ccnc1[N+](=O)[O-]. The maximum Gasteiger partial charge on any atom is 0.436 e. The quantitative estimate of drug-likeness (QED) is 0.512. The first-order valence-corrected chi connectivity index (χ1v) is 4.64. The Kier molecular flexibility index (Phi) is 4.35. The van der Waals surface area contributed by atoms with E-state index in [0.717, 1.165) is 4.57 Å². The number of nitrogens with zero attached hydrogens (tertiary/aromatic N) is 3. The van der Waals surface area contributed by atoms with Gasteiger partial charge in [-0.2, -0.15) is 0 Å². The zero-order chi connectivity index (χ0) is 12.1. The van der Waals surface area contributed by atoms with Gasteiger partial charge in [0, 0.05) is 0 Å². The highest BCUT2D eigenvalue weighted by Crippen LogP contribution is 2.17. The van der Waals surface area contributed by atoms with Gasteiger partial charge in [0.05, 0.1) is 12.7 Å². The molecule has 1 aromatic heterocycles. The van der Waals surface area contributed by atoms with Gasteiger partial charge in [0.15, 0.2) is 0 Å². The molecule has 2 N–H and O–H groups in total. The standard InChI is InChI=1S/C8H13N3O5/c1-6(4-12)16-7(5-13)10-3-2-9-8(10)11(14)15/h2-3,6-7,12-13H,4-5H2,1H3. The molecule has 16 heavy (non-hydrogen) atoms. The van der Waals surface area contributed by atoms with Gasteiger partial charge in [-0.05, 0) is 11.8 Å². The lowest BCUT2D eigenvalue weighted by Crippen LogP contribution is -2.24. The minimum atomic E-state index is -0.926. The van der Waals surface area contributed by atoms with Crippen LogP contribution in [-0.4, -0.2) is 44.0 Å². The molecule has 0 aliphatic rings. The molecule has 1 rings (SSSR count). The Hall–Kier alpha value is -1.51. The zero-order valence-electron chi connectivity index (χ0n) is 8.68. The number of aromatic nitrogens is 2. The fraction of sp³-hybridized carbons (Fsp3) is 0.625. The van der Waals surface area contributed by atoms with Gasteiger partial charge >= 0.3 is 5.95 Å². The summed E-state index contributed by atoms with van der Waals surface area (Å²) < 4.78 is 6.31. The molecule has 0 bridgehead atoms. The summed E-state index contributed by atoms with van der Waals surface area (Å²) in [7, 11) is 0. The first kappa shape index (κ1) is 12.6. The van der Waals surface area contributed by atoms with E-state index in [1.54, 1.807) is 6.92 Å². The summed E-state index contributed by atoms with van der Waals surface area (Å²) in [6.07, 6.45) is 1.13. The van der Waals surface area contributed by atoms with E-state index in [-0.39, 0.29) is 6.61 Å². The highest BCUT2D eigenvalue weighted by molar-refractivity contribution is 5.07. The summed E-state index contributed by atoms with van der Waals surface area (Å²) in [5, 5.41) is 28.5. The molecule has 0 saturated heterocycles. The number of nitro groups is 1. The van der Waals surface area contributed by atoms with E-state index in [1.807, 2.05) is 0 Å².